The highest BCUT2D eigenvalue weighted by Crippen LogP contribution is 2.30. The van der Waals surface area contributed by atoms with Crippen molar-refractivity contribution in [2.24, 2.45) is 16.8 Å². The number of hydrogen-bond donors (Lipinski definition) is 1. The van der Waals surface area contributed by atoms with E-state index in [9.17, 15) is 0 Å². The Kier molecular flexibility index (Phi) is 2.33. The fourth-order valence-electron chi connectivity index (χ4n) is 2.39. The van der Waals surface area contributed by atoms with Crippen molar-refractivity contribution in [1.29, 1.82) is 0 Å². The Hall–Kier alpha value is -0.530. The third-order valence-corrected chi connectivity index (χ3v) is 3.16. The lowest BCUT2D eigenvalue weighted by Gasteiger charge is -2.28. The molecule has 2 unspecified atom stereocenters. The van der Waals surface area contributed by atoms with Crippen LogP contribution in [0.25, 0.3) is 0 Å². The van der Waals surface area contributed by atoms with Crippen molar-refractivity contribution < 1.29 is 0 Å². The van der Waals surface area contributed by atoms with E-state index in [0.29, 0.717) is 0 Å². The van der Waals surface area contributed by atoms with Crippen LogP contribution in [0.4, 0.5) is 0 Å². The highest BCUT2D eigenvalue weighted by atomic mass is 15.1. The number of aliphatic imine (C=N–C) groups is 1. The second-order valence-corrected chi connectivity index (χ2v) is 4.06. The molecule has 12 heavy (non-hydrogen) atoms. The zero-order valence-electron chi connectivity index (χ0n) is 7.84. The maximum absolute atomic E-state index is 4.52. The lowest BCUT2D eigenvalue weighted by molar-refractivity contribution is 0.321. The molecule has 1 aliphatic heterocycles. The quantitative estimate of drug-likeness (QED) is 0.631. The SMILES string of the molecule is CC1CCCCC1C1=NCCN1. The molecule has 0 saturated heterocycles. The molecule has 2 rings (SSSR count). The average molecular weight is 166 g/mol. The largest absolute Gasteiger partial charge is 0.372 e. The molecule has 1 heterocycles. The van der Waals surface area contributed by atoms with Crippen LogP contribution in [0.3, 0.4) is 0 Å². The fraction of sp³-hybridized carbons (Fsp3) is 0.900. The molecule has 2 atom stereocenters. The Labute approximate surface area is 74.5 Å². The third-order valence-electron chi connectivity index (χ3n) is 3.16. The predicted molar refractivity (Wildman–Crippen MR) is 51.4 cm³/mol. The summed E-state index contributed by atoms with van der Waals surface area (Å²) in [6.45, 7) is 4.43. The maximum Gasteiger partial charge on any atom is 0.0998 e. The van der Waals surface area contributed by atoms with E-state index in [2.05, 4.69) is 17.2 Å². The van der Waals surface area contributed by atoms with Gasteiger partial charge in [-0.25, -0.2) is 0 Å². The molecule has 1 N–H and O–H groups in total. The molecule has 1 fully saturated rings. The van der Waals surface area contributed by atoms with E-state index in [1.165, 1.54) is 31.5 Å². The van der Waals surface area contributed by atoms with Crippen molar-refractivity contribution in [2.45, 2.75) is 32.6 Å². The molecule has 0 spiro atoms. The van der Waals surface area contributed by atoms with Crippen molar-refractivity contribution in [3.8, 4) is 0 Å². The van der Waals surface area contributed by atoms with Gasteiger partial charge in [0, 0.05) is 12.5 Å². The van der Waals surface area contributed by atoms with Crippen LogP contribution in [0.2, 0.25) is 0 Å². The summed E-state index contributed by atoms with van der Waals surface area (Å²) < 4.78 is 0. The molecule has 68 valence electrons. The topological polar surface area (TPSA) is 24.4 Å². The van der Waals surface area contributed by atoms with Crippen LogP contribution in [0.5, 0.6) is 0 Å². The number of rotatable bonds is 1. The van der Waals surface area contributed by atoms with Gasteiger partial charge in [0.2, 0.25) is 0 Å². The molecule has 2 aliphatic rings. The molecule has 2 nitrogen and oxygen atoms in total. The van der Waals surface area contributed by atoms with Crippen molar-refractivity contribution in [2.75, 3.05) is 13.1 Å². The van der Waals surface area contributed by atoms with Gasteiger partial charge in [0.15, 0.2) is 0 Å². The van der Waals surface area contributed by atoms with Gasteiger partial charge in [-0.2, -0.15) is 0 Å². The van der Waals surface area contributed by atoms with Crippen LogP contribution in [-0.4, -0.2) is 18.9 Å². The van der Waals surface area contributed by atoms with Gasteiger partial charge in [0.1, 0.15) is 0 Å². The first kappa shape index (κ1) is 8.09. The van der Waals surface area contributed by atoms with Gasteiger partial charge in [0.25, 0.3) is 0 Å². The van der Waals surface area contributed by atoms with E-state index in [-0.39, 0.29) is 0 Å². The van der Waals surface area contributed by atoms with E-state index in [1.54, 1.807) is 0 Å². The summed E-state index contributed by atoms with van der Waals surface area (Å²) in [5.41, 5.74) is 0. The molecule has 0 radical (unpaired) electrons. The summed E-state index contributed by atoms with van der Waals surface area (Å²) in [5, 5.41) is 3.41. The van der Waals surface area contributed by atoms with E-state index in [1.807, 2.05) is 0 Å². The second-order valence-electron chi connectivity index (χ2n) is 4.06. The molecule has 1 aliphatic carbocycles. The van der Waals surface area contributed by atoms with Gasteiger partial charge in [-0.15, -0.1) is 0 Å². The smallest absolute Gasteiger partial charge is 0.0998 e. The molecule has 0 aromatic rings. The Morgan fingerprint density at radius 3 is 2.83 bits per heavy atom. The molecular weight excluding hydrogens is 148 g/mol. The molecule has 0 aromatic carbocycles. The molecular formula is C10H18N2. The zero-order chi connectivity index (χ0) is 8.39. The number of nitrogens with one attached hydrogen (secondary N) is 1. The van der Waals surface area contributed by atoms with Crippen molar-refractivity contribution in [3.05, 3.63) is 0 Å². The Bertz CT molecular complexity index is 186. The minimum Gasteiger partial charge on any atom is -0.372 e. The highest BCUT2D eigenvalue weighted by molar-refractivity contribution is 5.86. The minimum atomic E-state index is 0.751. The fourth-order valence-corrected chi connectivity index (χ4v) is 2.39. The van der Waals surface area contributed by atoms with Crippen LogP contribution < -0.4 is 5.32 Å². The Balaban J connectivity index is 2.00. The first-order valence-corrected chi connectivity index (χ1v) is 5.16. The van der Waals surface area contributed by atoms with Crippen molar-refractivity contribution in [3.63, 3.8) is 0 Å². The van der Waals surface area contributed by atoms with Gasteiger partial charge in [-0.1, -0.05) is 26.2 Å². The van der Waals surface area contributed by atoms with Gasteiger partial charge in [0.05, 0.1) is 12.4 Å². The van der Waals surface area contributed by atoms with E-state index in [4.69, 9.17) is 0 Å². The summed E-state index contributed by atoms with van der Waals surface area (Å²) in [5.74, 6) is 2.91. The number of hydrogen-bond acceptors (Lipinski definition) is 2. The first-order valence-electron chi connectivity index (χ1n) is 5.16. The van der Waals surface area contributed by atoms with Gasteiger partial charge < -0.3 is 5.32 Å². The highest BCUT2D eigenvalue weighted by Gasteiger charge is 2.26. The average Bonchev–Trinajstić information content (AvgIpc) is 2.57. The summed E-state index contributed by atoms with van der Waals surface area (Å²) >= 11 is 0. The molecule has 0 amide bonds. The summed E-state index contributed by atoms with van der Waals surface area (Å²) in [6.07, 6.45) is 5.57. The third kappa shape index (κ3) is 1.47. The van der Waals surface area contributed by atoms with Crippen LogP contribution in [0.15, 0.2) is 4.99 Å². The van der Waals surface area contributed by atoms with Crippen LogP contribution in [0.1, 0.15) is 32.6 Å². The zero-order valence-corrected chi connectivity index (χ0v) is 7.84. The van der Waals surface area contributed by atoms with Gasteiger partial charge >= 0.3 is 0 Å². The summed E-state index contributed by atoms with van der Waals surface area (Å²) in [6, 6.07) is 0. The van der Waals surface area contributed by atoms with Crippen molar-refractivity contribution >= 4 is 5.84 Å². The predicted octanol–water partition coefficient (Wildman–Crippen LogP) is 1.81. The van der Waals surface area contributed by atoms with E-state index < -0.39 is 0 Å². The van der Waals surface area contributed by atoms with Crippen LogP contribution >= 0.6 is 0 Å². The van der Waals surface area contributed by atoms with E-state index >= 15 is 0 Å². The van der Waals surface area contributed by atoms with Gasteiger partial charge in [-0.05, 0) is 12.3 Å². The van der Waals surface area contributed by atoms with Crippen LogP contribution in [0, 0.1) is 11.8 Å². The Morgan fingerprint density at radius 1 is 1.33 bits per heavy atom. The van der Waals surface area contributed by atoms with Crippen molar-refractivity contribution in [1.82, 2.24) is 5.32 Å². The van der Waals surface area contributed by atoms with E-state index in [0.717, 1.165) is 24.9 Å². The lowest BCUT2D eigenvalue weighted by atomic mass is 9.80. The lowest BCUT2D eigenvalue weighted by Crippen LogP contribution is -2.33. The summed E-state index contributed by atoms with van der Waals surface area (Å²) in [4.78, 5) is 4.52. The minimum absolute atomic E-state index is 0.751. The monoisotopic (exact) mass is 166 g/mol. The number of amidine groups is 1. The standard InChI is InChI=1S/C10H18N2/c1-8-4-2-3-5-9(8)10-11-6-7-12-10/h8-9H,2-7H2,1H3,(H,11,12). The molecule has 0 bridgehead atoms. The molecule has 0 aromatic heterocycles. The van der Waals surface area contributed by atoms with Gasteiger partial charge in [-0.3, -0.25) is 4.99 Å². The molecule has 1 saturated carbocycles. The molecule has 2 heteroatoms. The van der Waals surface area contributed by atoms with Crippen LogP contribution in [-0.2, 0) is 0 Å². The Morgan fingerprint density at radius 2 is 2.17 bits per heavy atom. The number of nitrogens with zero attached hydrogens (tertiary/aromatic N) is 1. The normalized spacial score (nSPS) is 35.9. The summed E-state index contributed by atoms with van der Waals surface area (Å²) in [7, 11) is 0. The maximum atomic E-state index is 4.52. The first-order chi connectivity index (χ1) is 5.88. The second kappa shape index (κ2) is 3.46.